The lowest BCUT2D eigenvalue weighted by Gasteiger charge is -2.35. The molecule has 2 aromatic rings. The molecule has 1 aliphatic heterocycles. The van der Waals surface area contributed by atoms with E-state index in [-0.39, 0.29) is 76.3 Å². The average molecular weight is 635 g/mol. The number of piperazine rings is 1. The van der Waals surface area contributed by atoms with Crippen molar-refractivity contribution in [2.45, 2.75) is 33.2 Å². The third-order valence-corrected chi connectivity index (χ3v) is 8.57. The Morgan fingerprint density at radius 1 is 0.955 bits per heavy atom. The number of anilines is 1. The lowest BCUT2D eigenvalue weighted by Crippen LogP contribution is -2.56. The Kier molecular flexibility index (Phi) is 13.1. The molecule has 44 heavy (non-hydrogen) atoms. The molecule has 3 rings (SSSR count). The molecular formula is C28H39N6O9P. The highest BCUT2D eigenvalue weighted by Crippen LogP contribution is 2.48. The highest BCUT2D eigenvalue weighted by Gasteiger charge is 2.37. The van der Waals surface area contributed by atoms with Gasteiger partial charge in [0.05, 0.1) is 32.4 Å². The summed E-state index contributed by atoms with van der Waals surface area (Å²) in [6.07, 6.45) is -1.47. The van der Waals surface area contributed by atoms with Crippen LogP contribution in [0.2, 0.25) is 0 Å². The van der Waals surface area contributed by atoms with Crippen molar-refractivity contribution >= 4 is 37.3 Å². The molecule has 1 aromatic heterocycles. The molecule has 0 unspecified atom stereocenters. The highest BCUT2D eigenvalue weighted by molar-refractivity contribution is 7.54. The van der Waals surface area contributed by atoms with Crippen molar-refractivity contribution in [1.82, 2.24) is 25.1 Å². The Labute approximate surface area is 255 Å². The van der Waals surface area contributed by atoms with Gasteiger partial charge in [0.2, 0.25) is 5.91 Å². The maximum atomic E-state index is 13.7. The van der Waals surface area contributed by atoms with E-state index >= 15 is 0 Å². The van der Waals surface area contributed by atoms with E-state index in [1.54, 1.807) is 45.0 Å². The zero-order chi connectivity index (χ0) is 32.1. The molecule has 240 valence electrons. The molecule has 0 radical (unpaired) electrons. The van der Waals surface area contributed by atoms with Crippen LogP contribution in [0.15, 0.2) is 36.4 Å². The number of amides is 3. The van der Waals surface area contributed by atoms with Gasteiger partial charge in [-0.1, -0.05) is 30.3 Å². The highest BCUT2D eigenvalue weighted by atomic mass is 31.2. The molecule has 1 saturated heterocycles. The lowest BCUT2D eigenvalue weighted by atomic mass is 10.2. The van der Waals surface area contributed by atoms with Crippen LogP contribution in [0.3, 0.4) is 0 Å². The Hall–Kier alpha value is -4.07. The van der Waals surface area contributed by atoms with E-state index in [0.717, 1.165) is 0 Å². The number of ether oxygens (including phenoxy) is 1. The fraction of sp³-hybridized carbons (Fsp3) is 0.500. The molecule has 1 fully saturated rings. The number of aromatic nitrogens is 2. The van der Waals surface area contributed by atoms with Crippen LogP contribution in [0.5, 0.6) is 0 Å². The van der Waals surface area contributed by atoms with Gasteiger partial charge < -0.3 is 39.3 Å². The monoisotopic (exact) mass is 634 g/mol. The van der Waals surface area contributed by atoms with E-state index in [2.05, 4.69) is 20.6 Å². The lowest BCUT2D eigenvalue weighted by molar-refractivity contribution is -0.142. The second-order valence-corrected chi connectivity index (χ2v) is 11.7. The van der Waals surface area contributed by atoms with Gasteiger partial charge in [-0.15, -0.1) is 0 Å². The minimum absolute atomic E-state index is 0.0522. The van der Waals surface area contributed by atoms with E-state index in [1.807, 2.05) is 6.07 Å². The zero-order valence-electron chi connectivity index (χ0n) is 25.1. The summed E-state index contributed by atoms with van der Waals surface area (Å²) in [5, 5.41) is 14.9. The van der Waals surface area contributed by atoms with Crippen molar-refractivity contribution in [2.75, 3.05) is 64.0 Å². The first kappa shape index (κ1) is 34.4. The number of carbonyl (C=O) groups is 4. The van der Waals surface area contributed by atoms with Gasteiger partial charge in [0.25, 0.3) is 5.91 Å². The summed E-state index contributed by atoms with van der Waals surface area (Å²) < 4.78 is 29.2. The number of benzene rings is 1. The quantitative estimate of drug-likeness (QED) is 0.192. The van der Waals surface area contributed by atoms with Crippen molar-refractivity contribution in [3.05, 3.63) is 42.1 Å². The normalized spacial score (nSPS) is 14.1. The summed E-state index contributed by atoms with van der Waals surface area (Å²) in [7, 11) is -3.81. The summed E-state index contributed by atoms with van der Waals surface area (Å²) in [5.41, 5.74) is 0.533. The molecule has 1 atom stereocenters. The smallest absolute Gasteiger partial charge is 0.407 e. The van der Waals surface area contributed by atoms with Crippen LogP contribution in [-0.4, -0.2) is 113 Å². The molecule has 3 N–H and O–H groups in total. The van der Waals surface area contributed by atoms with E-state index in [9.17, 15) is 28.8 Å². The molecule has 3 amide bonds. The summed E-state index contributed by atoms with van der Waals surface area (Å²) >= 11 is 0. The Bertz CT molecular complexity index is 1330. The van der Waals surface area contributed by atoms with Crippen molar-refractivity contribution < 1.29 is 42.6 Å². The number of rotatable bonds is 15. The first-order valence-corrected chi connectivity index (χ1v) is 16.1. The van der Waals surface area contributed by atoms with Gasteiger partial charge in [0.15, 0.2) is 5.82 Å². The summed E-state index contributed by atoms with van der Waals surface area (Å²) in [5.74, 6) is -1.23. The van der Waals surface area contributed by atoms with Crippen LogP contribution in [0, 0.1) is 0 Å². The van der Waals surface area contributed by atoms with Gasteiger partial charge >= 0.3 is 19.7 Å². The maximum Gasteiger partial charge on any atom is 0.407 e. The van der Waals surface area contributed by atoms with Crippen molar-refractivity contribution in [3.63, 3.8) is 0 Å². The molecule has 0 spiro atoms. The molecule has 1 aliphatic rings. The van der Waals surface area contributed by atoms with E-state index in [0.29, 0.717) is 5.56 Å². The second kappa shape index (κ2) is 16.7. The van der Waals surface area contributed by atoms with Gasteiger partial charge in [-0.3, -0.25) is 18.9 Å². The molecule has 0 aliphatic carbocycles. The largest absolute Gasteiger partial charge is 0.466 e. The summed E-state index contributed by atoms with van der Waals surface area (Å²) in [6.45, 7) is 5.87. The predicted molar refractivity (Wildman–Crippen MR) is 160 cm³/mol. The number of carbonyl (C=O) groups excluding carboxylic acids is 3. The van der Waals surface area contributed by atoms with Crippen LogP contribution in [0.4, 0.5) is 10.6 Å². The molecule has 15 nitrogen and oxygen atoms in total. The minimum atomic E-state index is -3.81. The van der Waals surface area contributed by atoms with Crippen molar-refractivity contribution in [1.29, 1.82) is 0 Å². The SMILES string of the molecule is CCOC(=O)CCNc1cc(C(=O)N[C@@H](CP(=O)(OCC)OCC)C(=O)N2CCN(C(=O)O)CC2)nc(-c2ccccc2)n1. The number of hydrogen-bond donors (Lipinski definition) is 3. The van der Waals surface area contributed by atoms with Crippen LogP contribution >= 0.6 is 7.60 Å². The Balaban J connectivity index is 1.90. The minimum Gasteiger partial charge on any atom is -0.466 e. The predicted octanol–water partition coefficient (Wildman–Crippen LogP) is 2.70. The first-order valence-electron chi connectivity index (χ1n) is 14.4. The molecular weight excluding hydrogens is 595 g/mol. The summed E-state index contributed by atoms with van der Waals surface area (Å²) in [4.78, 5) is 62.0. The molecule has 16 heteroatoms. The Morgan fingerprint density at radius 2 is 1.59 bits per heavy atom. The Morgan fingerprint density at radius 3 is 2.18 bits per heavy atom. The molecule has 1 aromatic carbocycles. The second-order valence-electron chi connectivity index (χ2n) is 9.56. The zero-order valence-corrected chi connectivity index (χ0v) is 26.0. The van der Waals surface area contributed by atoms with E-state index in [1.165, 1.54) is 15.9 Å². The van der Waals surface area contributed by atoms with Gasteiger partial charge in [0.1, 0.15) is 17.6 Å². The fourth-order valence-electron chi connectivity index (χ4n) is 4.41. The van der Waals surface area contributed by atoms with Crippen molar-refractivity contribution in [3.8, 4) is 11.4 Å². The van der Waals surface area contributed by atoms with Crippen LogP contribution in [0.1, 0.15) is 37.7 Å². The average Bonchev–Trinajstić information content (AvgIpc) is 3.01. The number of esters is 1. The van der Waals surface area contributed by atoms with Gasteiger partial charge in [-0.25, -0.2) is 14.8 Å². The van der Waals surface area contributed by atoms with Crippen LogP contribution in [0.25, 0.3) is 11.4 Å². The van der Waals surface area contributed by atoms with E-state index in [4.69, 9.17) is 13.8 Å². The fourth-order valence-corrected chi connectivity index (χ4v) is 6.18. The number of nitrogens with zero attached hydrogens (tertiary/aromatic N) is 4. The third-order valence-electron chi connectivity index (χ3n) is 6.45. The molecule has 0 bridgehead atoms. The first-order chi connectivity index (χ1) is 21.1. The van der Waals surface area contributed by atoms with Crippen LogP contribution < -0.4 is 10.6 Å². The topological polar surface area (TPSA) is 190 Å². The number of nitrogens with one attached hydrogen (secondary N) is 2. The molecule has 2 heterocycles. The summed E-state index contributed by atoms with van der Waals surface area (Å²) in [6, 6.07) is 8.98. The van der Waals surface area contributed by atoms with Crippen molar-refractivity contribution in [2.24, 2.45) is 0 Å². The number of carboxylic acid groups (broad SMARTS) is 1. The van der Waals surface area contributed by atoms with Gasteiger partial charge in [-0.05, 0) is 20.8 Å². The van der Waals surface area contributed by atoms with E-state index < -0.39 is 43.7 Å². The molecule has 0 saturated carbocycles. The third kappa shape index (κ3) is 10.00. The maximum absolute atomic E-state index is 13.7. The van der Waals surface area contributed by atoms with Gasteiger partial charge in [-0.2, -0.15) is 0 Å². The van der Waals surface area contributed by atoms with Crippen LogP contribution in [-0.2, 0) is 27.9 Å². The number of hydrogen-bond acceptors (Lipinski definition) is 11. The standard InChI is InChI=1S/C28H39N6O9P/c1-4-41-24(35)12-13-29-23-18-21(30-25(32-23)20-10-8-7-9-11-20)26(36)31-22(19-44(40,42-5-2)43-6-3)27(37)33-14-16-34(17-15-33)28(38)39/h7-11,18,22H,4-6,12-17,19H2,1-3H3,(H,31,36)(H,38,39)(H,29,30,32)/t22-/m0/s1. The van der Waals surface area contributed by atoms with Gasteiger partial charge in [0, 0.05) is 44.4 Å².